The van der Waals surface area contributed by atoms with Crippen molar-refractivity contribution in [3.8, 4) is 11.5 Å². The molecule has 2 aromatic carbocycles. The molecule has 6 heteroatoms. The van der Waals surface area contributed by atoms with Crippen molar-refractivity contribution < 1.29 is 19.0 Å². The smallest absolute Gasteiger partial charge is 0.119 e. The molecule has 0 fully saturated rings. The third-order valence-electron chi connectivity index (χ3n) is 4.30. The molecule has 29 heavy (non-hydrogen) atoms. The van der Waals surface area contributed by atoms with Gasteiger partial charge in [0.1, 0.15) is 30.0 Å². The van der Waals surface area contributed by atoms with Crippen LogP contribution >= 0.6 is 11.6 Å². The van der Waals surface area contributed by atoms with Crippen molar-refractivity contribution in [1.29, 1.82) is 0 Å². The maximum atomic E-state index is 10.5. The lowest BCUT2D eigenvalue weighted by Gasteiger charge is -2.24. The highest BCUT2D eigenvalue weighted by molar-refractivity contribution is 6.30. The van der Waals surface area contributed by atoms with Crippen molar-refractivity contribution in [2.45, 2.75) is 26.1 Å². The minimum atomic E-state index is -0.657. The predicted octanol–water partition coefficient (Wildman–Crippen LogP) is 4.77. The molecule has 1 aromatic heterocycles. The summed E-state index contributed by atoms with van der Waals surface area (Å²) >= 11 is 5.89. The van der Waals surface area contributed by atoms with Crippen LogP contribution in [0.1, 0.15) is 18.2 Å². The van der Waals surface area contributed by atoms with Crippen LogP contribution in [0, 0.1) is 0 Å². The molecular formula is C23H26ClNO4. The average molecular weight is 416 g/mol. The van der Waals surface area contributed by atoms with E-state index in [9.17, 15) is 5.11 Å². The van der Waals surface area contributed by atoms with Gasteiger partial charge in [0, 0.05) is 18.1 Å². The van der Waals surface area contributed by atoms with Crippen LogP contribution < -0.4 is 9.47 Å². The number of aliphatic hydroxyl groups is 1. The molecule has 1 atom stereocenters. The Morgan fingerprint density at radius 3 is 2.55 bits per heavy atom. The highest BCUT2D eigenvalue weighted by Gasteiger charge is 2.15. The maximum Gasteiger partial charge on any atom is 0.119 e. The number of hydrogen-bond donors (Lipinski definition) is 1. The first-order valence-electron chi connectivity index (χ1n) is 9.65. The van der Waals surface area contributed by atoms with E-state index in [1.54, 1.807) is 30.5 Å². The second kappa shape index (κ2) is 10.9. The summed E-state index contributed by atoms with van der Waals surface area (Å²) in [6.45, 7) is 4.46. The van der Waals surface area contributed by atoms with Crippen molar-refractivity contribution in [2.75, 3.05) is 19.8 Å². The molecule has 3 rings (SSSR count). The van der Waals surface area contributed by atoms with Crippen molar-refractivity contribution >= 4 is 11.6 Å². The van der Waals surface area contributed by atoms with Crippen molar-refractivity contribution in [1.82, 2.24) is 4.90 Å². The fraction of sp³-hybridized carbons (Fsp3) is 0.304. The van der Waals surface area contributed by atoms with Gasteiger partial charge in [-0.3, -0.25) is 4.90 Å². The van der Waals surface area contributed by atoms with Gasteiger partial charge in [0.2, 0.25) is 0 Å². The summed E-state index contributed by atoms with van der Waals surface area (Å²) in [4.78, 5) is 2.12. The molecule has 0 saturated heterocycles. The number of furan rings is 1. The number of rotatable bonds is 11. The van der Waals surface area contributed by atoms with E-state index in [4.69, 9.17) is 25.5 Å². The number of ether oxygens (including phenoxy) is 2. The fourth-order valence-electron chi connectivity index (χ4n) is 3.04. The average Bonchev–Trinajstić information content (AvgIpc) is 3.21. The van der Waals surface area contributed by atoms with Gasteiger partial charge in [-0.1, -0.05) is 23.7 Å². The van der Waals surface area contributed by atoms with Crippen LogP contribution in [0.3, 0.4) is 0 Å². The van der Waals surface area contributed by atoms with Gasteiger partial charge in [0.15, 0.2) is 0 Å². The molecule has 1 heterocycles. The van der Waals surface area contributed by atoms with Gasteiger partial charge in [0.25, 0.3) is 0 Å². The van der Waals surface area contributed by atoms with Gasteiger partial charge in [-0.2, -0.15) is 0 Å². The number of hydrogen-bond acceptors (Lipinski definition) is 5. The normalized spacial score (nSPS) is 12.1. The summed E-state index contributed by atoms with van der Waals surface area (Å²) in [5.74, 6) is 2.36. The molecule has 0 saturated carbocycles. The summed E-state index contributed by atoms with van der Waals surface area (Å²) in [5, 5.41) is 11.2. The molecule has 0 amide bonds. The van der Waals surface area contributed by atoms with Crippen molar-refractivity contribution in [2.24, 2.45) is 0 Å². The molecule has 0 aliphatic heterocycles. The molecule has 0 bridgehead atoms. The first-order chi connectivity index (χ1) is 14.1. The molecule has 1 unspecified atom stereocenters. The topological polar surface area (TPSA) is 55.1 Å². The third-order valence-corrected chi connectivity index (χ3v) is 4.55. The molecule has 0 aliphatic rings. The highest BCUT2D eigenvalue weighted by atomic mass is 35.5. The first kappa shape index (κ1) is 21.2. The van der Waals surface area contributed by atoms with Gasteiger partial charge in [-0.05, 0) is 61.0 Å². The summed E-state index contributed by atoms with van der Waals surface area (Å²) in [5.41, 5.74) is 1.10. The molecule has 0 radical (unpaired) electrons. The van der Waals surface area contributed by atoms with Crippen LogP contribution in [0.5, 0.6) is 11.5 Å². The minimum Gasteiger partial charge on any atom is -0.494 e. The van der Waals surface area contributed by atoms with Crippen molar-refractivity contribution in [3.63, 3.8) is 0 Å². The second-order valence-corrected chi connectivity index (χ2v) is 7.18. The predicted molar refractivity (Wildman–Crippen MR) is 113 cm³/mol. The zero-order chi connectivity index (χ0) is 20.5. The van der Waals surface area contributed by atoms with E-state index in [0.29, 0.717) is 37.0 Å². The van der Waals surface area contributed by atoms with Crippen LogP contribution in [0.15, 0.2) is 71.3 Å². The fourth-order valence-corrected chi connectivity index (χ4v) is 3.17. The standard InChI is InChI=1S/C23H26ClNO4/c1-2-27-22-6-3-5-18(13-22)14-25(16-23-7-4-12-28-23)15-20(26)17-29-21-10-8-19(24)9-11-21/h3-13,20,26H,2,14-17H2,1H3. The van der Waals surface area contributed by atoms with Gasteiger partial charge in [0.05, 0.1) is 19.4 Å². The zero-order valence-corrected chi connectivity index (χ0v) is 17.2. The molecular weight excluding hydrogens is 390 g/mol. The summed E-state index contributed by atoms with van der Waals surface area (Å²) < 4.78 is 16.8. The summed E-state index contributed by atoms with van der Waals surface area (Å²) in [7, 11) is 0. The van der Waals surface area contributed by atoms with Crippen LogP contribution in [-0.4, -0.2) is 35.9 Å². The Morgan fingerprint density at radius 2 is 1.83 bits per heavy atom. The monoisotopic (exact) mass is 415 g/mol. The van der Waals surface area contributed by atoms with E-state index in [0.717, 1.165) is 17.1 Å². The molecule has 0 spiro atoms. The molecule has 0 aliphatic carbocycles. The molecule has 1 N–H and O–H groups in total. The summed E-state index contributed by atoms with van der Waals surface area (Å²) in [6, 6.07) is 18.9. The lowest BCUT2D eigenvalue weighted by Crippen LogP contribution is -2.35. The Kier molecular flexibility index (Phi) is 7.99. The number of benzene rings is 2. The van der Waals surface area contributed by atoms with Crippen LogP contribution in [-0.2, 0) is 13.1 Å². The van der Waals surface area contributed by atoms with Gasteiger partial charge in [-0.25, -0.2) is 0 Å². The Bertz CT molecular complexity index is 852. The van der Waals surface area contributed by atoms with E-state index in [-0.39, 0.29) is 6.61 Å². The van der Waals surface area contributed by atoms with Crippen molar-refractivity contribution in [3.05, 3.63) is 83.3 Å². The molecule has 5 nitrogen and oxygen atoms in total. The quantitative estimate of drug-likeness (QED) is 0.488. The highest BCUT2D eigenvalue weighted by Crippen LogP contribution is 2.18. The van der Waals surface area contributed by atoms with Gasteiger partial charge < -0.3 is 19.0 Å². The Hall–Kier alpha value is -2.47. The Labute approximate surface area is 176 Å². The van der Waals surface area contributed by atoms with E-state index >= 15 is 0 Å². The van der Waals surface area contributed by atoms with E-state index in [1.807, 2.05) is 43.3 Å². The first-order valence-corrected chi connectivity index (χ1v) is 10.0. The minimum absolute atomic E-state index is 0.190. The SMILES string of the molecule is CCOc1cccc(CN(Cc2ccco2)CC(O)COc2ccc(Cl)cc2)c1. The number of halogens is 1. The van der Waals surface area contributed by atoms with Crippen LogP contribution in [0.2, 0.25) is 5.02 Å². The summed E-state index contributed by atoms with van der Waals surface area (Å²) in [6.07, 6.45) is 0.999. The Morgan fingerprint density at radius 1 is 1.00 bits per heavy atom. The van der Waals surface area contributed by atoms with E-state index < -0.39 is 6.10 Å². The maximum absolute atomic E-state index is 10.5. The van der Waals surface area contributed by atoms with E-state index in [2.05, 4.69) is 4.90 Å². The zero-order valence-electron chi connectivity index (χ0n) is 16.5. The van der Waals surface area contributed by atoms with Crippen LogP contribution in [0.25, 0.3) is 0 Å². The third kappa shape index (κ3) is 7.13. The molecule has 3 aromatic rings. The van der Waals surface area contributed by atoms with E-state index in [1.165, 1.54) is 0 Å². The lowest BCUT2D eigenvalue weighted by molar-refractivity contribution is 0.0604. The number of aliphatic hydroxyl groups excluding tert-OH is 1. The second-order valence-electron chi connectivity index (χ2n) is 6.75. The molecule has 154 valence electrons. The van der Waals surface area contributed by atoms with Gasteiger partial charge >= 0.3 is 0 Å². The van der Waals surface area contributed by atoms with Gasteiger partial charge in [-0.15, -0.1) is 0 Å². The lowest BCUT2D eigenvalue weighted by atomic mass is 10.2. The Balaban J connectivity index is 1.61. The van der Waals surface area contributed by atoms with Crippen LogP contribution in [0.4, 0.5) is 0 Å². The number of nitrogens with zero attached hydrogens (tertiary/aromatic N) is 1. The largest absolute Gasteiger partial charge is 0.494 e.